The minimum atomic E-state index is 0.627. The van der Waals surface area contributed by atoms with Crippen LogP contribution in [-0.4, -0.2) is 9.97 Å². The summed E-state index contributed by atoms with van der Waals surface area (Å²) in [5.74, 6) is 0. The van der Waals surface area contributed by atoms with Crippen molar-refractivity contribution in [3.05, 3.63) is 76.7 Å². The van der Waals surface area contributed by atoms with Crippen LogP contribution in [0.1, 0.15) is 11.1 Å². The maximum absolute atomic E-state index is 9.79. The summed E-state index contributed by atoms with van der Waals surface area (Å²) < 4.78 is 0. The van der Waals surface area contributed by atoms with Crippen molar-refractivity contribution in [3.63, 3.8) is 0 Å². The Morgan fingerprint density at radius 2 is 2.08 bits per heavy atom. The van der Waals surface area contributed by atoms with Crippen LogP contribution >= 0.6 is 11.3 Å². The van der Waals surface area contributed by atoms with E-state index in [1.165, 1.54) is 0 Å². The molecule has 0 radical (unpaired) electrons. The quantitative estimate of drug-likeness (QED) is 0.515. The van der Waals surface area contributed by atoms with Gasteiger partial charge in [0.25, 0.3) is 0 Å². The van der Waals surface area contributed by atoms with Gasteiger partial charge in [0.15, 0.2) is 0 Å². The minimum Gasteiger partial charge on any atom is -0.354 e. The molecule has 1 aromatic carbocycles. The molecule has 0 spiro atoms. The van der Waals surface area contributed by atoms with Crippen molar-refractivity contribution >= 4 is 33.9 Å². The van der Waals surface area contributed by atoms with Crippen LogP contribution in [-0.2, 0) is 0 Å². The molecule has 3 aromatic heterocycles. The monoisotopic (exact) mass is 327 g/mol. The molecule has 24 heavy (non-hydrogen) atoms. The van der Waals surface area contributed by atoms with Gasteiger partial charge in [-0.05, 0) is 35.2 Å². The van der Waals surface area contributed by atoms with Crippen molar-refractivity contribution in [2.24, 2.45) is 0 Å². The molecule has 4 heteroatoms. The normalized spacial score (nSPS) is 11.5. The van der Waals surface area contributed by atoms with E-state index in [2.05, 4.69) is 27.5 Å². The van der Waals surface area contributed by atoms with Crippen LogP contribution in [0.4, 0.5) is 0 Å². The number of hydrogen-bond acceptors (Lipinski definition) is 3. The van der Waals surface area contributed by atoms with Crippen molar-refractivity contribution in [1.82, 2.24) is 9.97 Å². The number of allylic oxidation sites excluding steroid dienone is 1. The van der Waals surface area contributed by atoms with Crippen LogP contribution < -0.4 is 0 Å². The van der Waals surface area contributed by atoms with E-state index in [-0.39, 0.29) is 0 Å². The molecule has 0 aliphatic carbocycles. The number of rotatable bonds is 3. The number of hydrogen-bond donors (Lipinski definition) is 1. The van der Waals surface area contributed by atoms with Crippen molar-refractivity contribution in [3.8, 4) is 17.3 Å². The van der Waals surface area contributed by atoms with Crippen LogP contribution in [0.2, 0.25) is 0 Å². The van der Waals surface area contributed by atoms with Gasteiger partial charge in [-0.3, -0.25) is 4.98 Å². The lowest BCUT2D eigenvalue weighted by Gasteiger charge is -2.03. The van der Waals surface area contributed by atoms with Gasteiger partial charge >= 0.3 is 0 Å². The van der Waals surface area contributed by atoms with Crippen LogP contribution in [0.15, 0.2) is 65.6 Å². The highest BCUT2D eigenvalue weighted by atomic mass is 32.1. The summed E-state index contributed by atoms with van der Waals surface area (Å²) in [5.41, 5.74) is 5.58. The second-order valence-electron chi connectivity index (χ2n) is 5.39. The SMILES string of the molecule is N#C/C(=C\c1cccnc1)c1c(-c2ccsc2)[nH]c2ccccc12. The maximum atomic E-state index is 9.79. The van der Waals surface area contributed by atoms with Gasteiger partial charge in [-0.15, -0.1) is 0 Å². The Labute approximate surface area is 143 Å². The van der Waals surface area contributed by atoms with Crippen molar-refractivity contribution in [2.75, 3.05) is 0 Å². The number of para-hydroxylation sites is 1. The van der Waals surface area contributed by atoms with Crippen molar-refractivity contribution in [1.29, 1.82) is 5.26 Å². The minimum absolute atomic E-state index is 0.627. The number of aromatic amines is 1. The molecule has 0 atom stereocenters. The summed E-state index contributed by atoms with van der Waals surface area (Å²) >= 11 is 1.64. The molecule has 1 N–H and O–H groups in total. The topological polar surface area (TPSA) is 52.5 Å². The number of nitriles is 1. The lowest BCUT2D eigenvalue weighted by Crippen LogP contribution is -1.85. The van der Waals surface area contributed by atoms with Gasteiger partial charge in [-0.1, -0.05) is 24.3 Å². The van der Waals surface area contributed by atoms with Gasteiger partial charge in [0, 0.05) is 39.8 Å². The molecule has 0 aliphatic rings. The van der Waals surface area contributed by atoms with E-state index < -0.39 is 0 Å². The number of pyridine rings is 1. The Bertz CT molecular complexity index is 1050. The fourth-order valence-corrected chi connectivity index (χ4v) is 3.48. The molecule has 0 unspecified atom stereocenters. The summed E-state index contributed by atoms with van der Waals surface area (Å²) in [6.45, 7) is 0. The van der Waals surface area contributed by atoms with Gasteiger partial charge in [-0.25, -0.2) is 0 Å². The van der Waals surface area contributed by atoms with E-state index in [0.717, 1.165) is 33.3 Å². The molecule has 0 amide bonds. The Morgan fingerprint density at radius 1 is 1.17 bits per heavy atom. The number of nitrogens with zero attached hydrogens (tertiary/aromatic N) is 2. The fourth-order valence-electron chi connectivity index (χ4n) is 2.83. The smallest absolute Gasteiger partial charge is 0.0999 e. The highest BCUT2D eigenvalue weighted by molar-refractivity contribution is 7.08. The van der Waals surface area contributed by atoms with E-state index in [1.54, 1.807) is 23.7 Å². The fraction of sp³-hybridized carbons (Fsp3) is 0. The molecule has 3 heterocycles. The molecule has 4 rings (SSSR count). The molecule has 4 aromatic rings. The summed E-state index contributed by atoms with van der Waals surface area (Å²) in [4.78, 5) is 7.59. The number of thiophene rings is 1. The van der Waals surface area contributed by atoms with E-state index >= 15 is 0 Å². The third-order valence-electron chi connectivity index (χ3n) is 3.90. The Balaban J connectivity index is 1.99. The van der Waals surface area contributed by atoms with Crippen LogP contribution in [0.25, 0.3) is 33.8 Å². The van der Waals surface area contributed by atoms with Crippen molar-refractivity contribution in [2.45, 2.75) is 0 Å². The van der Waals surface area contributed by atoms with Gasteiger partial charge in [0.1, 0.15) is 0 Å². The van der Waals surface area contributed by atoms with E-state index in [0.29, 0.717) is 5.57 Å². The van der Waals surface area contributed by atoms with Gasteiger partial charge in [-0.2, -0.15) is 16.6 Å². The average molecular weight is 327 g/mol. The number of fused-ring (bicyclic) bond motifs is 1. The summed E-state index contributed by atoms with van der Waals surface area (Å²) in [5, 5.41) is 15.0. The molecular weight excluding hydrogens is 314 g/mol. The van der Waals surface area contributed by atoms with E-state index in [9.17, 15) is 5.26 Å². The van der Waals surface area contributed by atoms with E-state index in [1.807, 2.05) is 47.9 Å². The third-order valence-corrected chi connectivity index (χ3v) is 4.58. The number of H-pyrrole nitrogens is 1. The molecule has 0 aliphatic heterocycles. The zero-order valence-electron chi connectivity index (χ0n) is 12.7. The number of benzene rings is 1. The molecule has 0 fully saturated rings. The van der Waals surface area contributed by atoms with Crippen LogP contribution in [0.3, 0.4) is 0 Å². The average Bonchev–Trinajstić information content (AvgIpc) is 3.28. The van der Waals surface area contributed by atoms with Crippen molar-refractivity contribution < 1.29 is 0 Å². The van der Waals surface area contributed by atoms with E-state index in [4.69, 9.17) is 0 Å². The van der Waals surface area contributed by atoms with Gasteiger partial charge < -0.3 is 4.98 Å². The zero-order chi connectivity index (χ0) is 16.4. The molecule has 3 nitrogen and oxygen atoms in total. The number of aromatic nitrogens is 2. The predicted octanol–water partition coefficient (Wildman–Crippen LogP) is 5.36. The third kappa shape index (κ3) is 2.51. The second-order valence-corrected chi connectivity index (χ2v) is 6.17. The first-order valence-corrected chi connectivity index (χ1v) is 8.46. The molecule has 0 saturated heterocycles. The Morgan fingerprint density at radius 3 is 2.83 bits per heavy atom. The molecule has 114 valence electrons. The molecule has 0 saturated carbocycles. The van der Waals surface area contributed by atoms with Gasteiger partial charge in [0.2, 0.25) is 0 Å². The summed E-state index contributed by atoms with van der Waals surface area (Å²) in [6, 6.07) is 16.3. The Kier molecular flexibility index (Phi) is 3.70. The standard InChI is InChI=1S/C20H13N3S/c21-11-16(10-14-4-3-8-22-12-14)19-17-5-1-2-6-18(17)23-20(19)15-7-9-24-13-15/h1-10,12-13,23H/b16-10+. The lowest BCUT2D eigenvalue weighted by atomic mass is 9.99. The Hall–Kier alpha value is -3.16. The first-order chi connectivity index (χ1) is 11.9. The summed E-state index contributed by atoms with van der Waals surface area (Å²) in [7, 11) is 0. The lowest BCUT2D eigenvalue weighted by molar-refractivity contribution is 1.32. The maximum Gasteiger partial charge on any atom is 0.0999 e. The second kappa shape index (κ2) is 6.15. The van der Waals surface area contributed by atoms with Gasteiger partial charge in [0.05, 0.1) is 17.3 Å². The van der Waals surface area contributed by atoms with Crippen LogP contribution in [0, 0.1) is 11.3 Å². The van der Waals surface area contributed by atoms with Crippen LogP contribution in [0.5, 0.6) is 0 Å². The molecule has 0 bridgehead atoms. The first kappa shape index (κ1) is 14.4. The highest BCUT2D eigenvalue weighted by Crippen LogP contribution is 2.36. The highest BCUT2D eigenvalue weighted by Gasteiger charge is 2.17. The predicted molar refractivity (Wildman–Crippen MR) is 99.3 cm³/mol. The number of nitrogens with one attached hydrogen (secondary N) is 1. The first-order valence-electron chi connectivity index (χ1n) is 7.52. The zero-order valence-corrected chi connectivity index (χ0v) is 13.5. The summed E-state index contributed by atoms with van der Waals surface area (Å²) in [6.07, 6.45) is 5.38. The largest absolute Gasteiger partial charge is 0.354 e. The molecular formula is C20H13N3S.